The Labute approximate surface area is 159 Å². The van der Waals surface area contributed by atoms with Crippen LogP contribution in [-0.4, -0.2) is 39.9 Å². The molecule has 4 nitrogen and oxygen atoms in total. The lowest BCUT2D eigenvalue weighted by molar-refractivity contribution is 0.0696. The number of benzene rings is 2. The average Bonchev–Trinajstić information content (AvgIpc) is 2.56. The fourth-order valence-electron chi connectivity index (χ4n) is 2.05. The maximum absolute atomic E-state index is 10.4. The number of phenolic OH excluding ortho intramolecular Hbond substituents is 1. The quantitative estimate of drug-likeness (QED) is 0.617. The van der Waals surface area contributed by atoms with Gasteiger partial charge in [-0.15, -0.1) is 0 Å². The molecule has 0 radical (unpaired) electrons. The summed E-state index contributed by atoms with van der Waals surface area (Å²) in [6.07, 6.45) is 0. The number of carboxylic acids is 1. The number of halogens is 2. The molecule has 0 saturated carbocycles. The molecular weight excluding hydrogens is 438 g/mol. The van der Waals surface area contributed by atoms with Gasteiger partial charge in [0.1, 0.15) is 5.75 Å². The molecule has 2 N–H and O–H groups in total. The van der Waals surface area contributed by atoms with Crippen molar-refractivity contribution < 1.29 is 15.0 Å². The van der Waals surface area contributed by atoms with Gasteiger partial charge in [0.2, 0.25) is 0 Å². The van der Waals surface area contributed by atoms with Crippen molar-refractivity contribution >= 4 is 43.5 Å². The summed E-state index contributed by atoms with van der Waals surface area (Å²) in [5, 5.41) is 19.6. The van der Waals surface area contributed by atoms with Crippen LogP contribution in [0, 0.1) is 6.92 Å². The van der Waals surface area contributed by atoms with Crippen LogP contribution < -0.4 is 4.90 Å². The van der Waals surface area contributed by atoms with Gasteiger partial charge in [0.15, 0.2) is 0 Å². The molecule has 0 heterocycles. The van der Waals surface area contributed by atoms with Crippen LogP contribution in [-0.2, 0) is 0 Å². The number of aromatic carboxylic acids is 1. The van der Waals surface area contributed by atoms with Crippen LogP contribution in [0.2, 0.25) is 0 Å². The molecule has 0 aliphatic rings. The third-order valence-electron chi connectivity index (χ3n) is 3.30. The largest absolute Gasteiger partial charge is 0.508 e. The van der Waals surface area contributed by atoms with Crippen molar-refractivity contribution in [2.75, 3.05) is 28.6 Å². The van der Waals surface area contributed by atoms with Crippen LogP contribution in [0.4, 0.5) is 5.69 Å². The molecule has 0 aliphatic carbocycles. The molecule has 2 aromatic carbocycles. The first kappa shape index (κ1) is 20.5. The maximum atomic E-state index is 10.4. The topological polar surface area (TPSA) is 60.8 Å². The molecule has 0 amide bonds. The predicted molar refractivity (Wildman–Crippen MR) is 106 cm³/mol. The van der Waals surface area contributed by atoms with E-state index in [-0.39, 0.29) is 0 Å². The first-order valence-corrected chi connectivity index (χ1v) is 9.68. The number of alkyl halides is 2. The van der Waals surface area contributed by atoms with Crippen LogP contribution >= 0.6 is 31.9 Å². The Morgan fingerprint density at radius 3 is 1.96 bits per heavy atom. The lowest BCUT2D eigenvalue weighted by atomic mass is 10.1. The highest BCUT2D eigenvalue weighted by Crippen LogP contribution is 2.18. The third kappa shape index (κ3) is 6.93. The van der Waals surface area contributed by atoms with Crippen LogP contribution in [0.1, 0.15) is 15.9 Å². The molecule has 0 bridgehead atoms. The fourth-order valence-corrected chi connectivity index (χ4v) is 2.91. The normalized spacial score (nSPS) is 9.79. The van der Waals surface area contributed by atoms with Gasteiger partial charge in [-0.25, -0.2) is 4.79 Å². The third-order valence-corrected chi connectivity index (χ3v) is 4.01. The van der Waals surface area contributed by atoms with Crippen molar-refractivity contribution in [2.45, 2.75) is 6.92 Å². The number of hydrogen-bond acceptors (Lipinski definition) is 3. The van der Waals surface area contributed by atoms with Crippen molar-refractivity contribution in [2.24, 2.45) is 0 Å². The molecule has 0 spiro atoms. The number of phenols is 1. The minimum Gasteiger partial charge on any atom is -0.508 e. The second kappa shape index (κ2) is 11.1. The highest BCUT2D eigenvalue weighted by molar-refractivity contribution is 9.09. The molecule has 0 unspecified atom stereocenters. The summed E-state index contributed by atoms with van der Waals surface area (Å²) >= 11 is 6.85. The number of carbonyl (C=O) groups is 1. The zero-order valence-electron chi connectivity index (χ0n) is 13.5. The molecule has 0 aromatic heterocycles. The van der Waals surface area contributed by atoms with E-state index in [2.05, 4.69) is 36.8 Å². The Kier molecular flexibility index (Phi) is 9.49. The monoisotopic (exact) mass is 457 g/mol. The minimum atomic E-state index is -0.863. The summed E-state index contributed by atoms with van der Waals surface area (Å²) in [7, 11) is 0. The van der Waals surface area contributed by atoms with Crippen molar-refractivity contribution in [3.63, 3.8) is 0 Å². The Morgan fingerprint density at radius 2 is 1.54 bits per heavy atom. The van der Waals surface area contributed by atoms with E-state index >= 15 is 0 Å². The zero-order valence-corrected chi connectivity index (χ0v) is 16.6. The molecule has 0 aliphatic heterocycles. The van der Waals surface area contributed by atoms with Gasteiger partial charge in [0, 0.05) is 29.4 Å². The highest BCUT2D eigenvalue weighted by atomic mass is 79.9. The van der Waals surface area contributed by atoms with Gasteiger partial charge in [0.25, 0.3) is 0 Å². The van der Waals surface area contributed by atoms with E-state index in [1.807, 2.05) is 18.2 Å². The Bertz CT molecular complexity index is 626. The first-order chi connectivity index (χ1) is 11.5. The van der Waals surface area contributed by atoms with Crippen LogP contribution in [0.3, 0.4) is 0 Å². The zero-order chi connectivity index (χ0) is 17.9. The molecule has 2 aromatic rings. The van der Waals surface area contributed by atoms with Gasteiger partial charge in [-0.05, 0) is 42.8 Å². The maximum Gasteiger partial charge on any atom is 0.335 e. The summed E-state index contributed by atoms with van der Waals surface area (Å²) in [5.41, 5.74) is 2.32. The Hall–Kier alpha value is -1.53. The molecular formula is C18H21Br2NO3. The number of rotatable bonds is 6. The van der Waals surface area contributed by atoms with Crippen LogP contribution in [0.25, 0.3) is 0 Å². The number of aromatic hydroxyl groups is 1. The van der Waals surface area contributed by atoms with Gasteiger partial charge in [0.05, 0.1) is 5.56 Å². The second-order valence-electron chi connectivity index (χ2n) is 5.00. The lowest BCUT2D eigenvalue weighted by Gasteiger charge is -2.22. The van der Waals surface area contributed by atoms with Gasteiger partial charge in [-0.2, -0.15) is 0 Å². The summed E-state index contributed by atoms with van der Waals surface area (Å²) < 4.78 is 0. The van der Waals surface area contributed by atoms with Gasteiger partial charge >= 0.3 is 5.97 Å². The molecule has 130 valence electrons. The summed E-state index contributed by atoms with van der Waals surface area (Å²) in [6, 6.07) is 14.2. The van der Waals surface area contributed by atoms with Crippen LogP contribution in [0.15, 0.2) is 48.5 Å². The molecule has 0 saturated heterocycles. The smallest absolute Gasteiger partial charge is 0.335 e. The number of anilines is 1. The van der Waals surface area contributed by atoms with E-state index in [0.717, 1.165) is 35.0 Å². The van der Waals surface area contributed by atoms with Gasteiger partial charge < -0.3 is 15.1 Å². The summed E-state index contributed by atoms with van der Waals surface area (Å²) in [6.45, 7) is 3.72. The van der Waals surface area contributed by atoms with Crippen LogP contribution in [0.5, 0.6) is 5.75 Å². The summed E-state index contributed by atoms with van der Waals surface area (Å²) in [4.78, 5) is 12.7. The average molecular weight is 459 g/mol. The number of nitrogens with zero attached hydrogens (tertiary/aromatic N) is 1. The van der Waals surface area contributed by atoms with E-state index in [1.54, 1.807) is 37.3 Å². The van der Waals surface area contributed by atoms with E-state index < -0.39 is 5.97 Å². The van der Waals surface area contributed by atoms with Crippen molar-refractivity contribution in [1.29, 1.82) is 0 Å². The predicted octanol–water partition coefficient (Wildman–Crippen LogP) is 4.68. The van der Waals surface area contributed by atoms with Crippen molar-refractivity contribution in [3.05, 3.63) is 59.7 Å². The molecule has 6 heteroatoms. The van der Waals surface area contributed by atoms with E-state index in [0.29, 0.717) is 11.3 Å². The van der Waals surface area contributed by atoms with Crippen molar-refractivity contribution in [3.8, 4) is 5.75 Å². The number of aryl methyl sites for hydroxylation is 1. The van der Waals surface area contributed by atoms with Crippen molar-refractivity contribution in [1.82, 2.24) is 0 Å². The highest BCUT2D eigenvalue weighted by Gasteiger charge is 2.04. The SMILES string of the molecule is Cc1ccccc1C(=O)O.Oc1ccc(N(CCBr)CCBr)cc1. The fraction of sp³-hybridized carbons (Fsp3) is 0.278. The van der Waals surface area contributed by atoms with Gasteiger partial charge in [-0.3, -0.25) is 0 Å². The number of hydrogen-bond donors (Lipinski definition) is 2. The molecule has 0 fully saturated rings. The Morgan fingerprint density at radius 1 is 1.00 bits per heavy atom. The molecule has 2 rings (SSSR count). The minimum absolute atomic E-state index is 0.311. The lowest BCUT2D eigenvalue weighted by Crippen LogP contribution is -2.27. The first-order valence-electron chi connectivity index (χ1n) is 7.44. The molecule has 0 atom stereocenters. The Balaban J connectivity index is 0.000000254. The molecule has 24 heavy (non-hydrogen) atoms. The van der Waals surface area contributed by atoms with E-state index in [9.17, 15) is 4.79 Å². The van der Waals surface area contributed by atoms with E-state index in [1.165, 1.54) is 0 Å². The van der Waals surface area contributed by atoms with E-state index in [4.69, 9.17) is 10.2 Å². The number of carboxylic acid groups (broad SMARTS) is 1. The summed E-state index contributed by atoms with van der Waals surface area (Å²) in [5.74, 6) is -0.551. The standard InChI is InChI=1S/C10H13Br2NO.C8H8O2/c11-5-7-13(8-6-12)9-1-3-10(14)4-2-9;1-6-4-2-3-5-7(6)8(9)10/h1-4,14H,5-8H2;2-5H,1H3,(H,9,10). The second-order valence-corrected chi connectivity index (χ2v) is 6.59. The van der Waals surface area contributed by atoms with Gasteiger partial charge in [-0.1, -0.05) is 50.1 Å².